The van der Waals surface area contributed by atoms with Crippen LogP contribution in [0.4, 0.5) is 0 Å². The van der Waals surface area contributed by atoms with Crippen LogP contribution in [0.15, 0.2) is 36.5 Å². The van der Waals surface area contributed by atoms with E-state index in [9.17, 15) is 5.11 Å². The molecule has 19 heavy (non-hydrogen) atoms. The summed E-state index contributed by atoms with van der Waals surface area (Å²) in [5, 5.41) is 12.0. The third-order valence-electron chi connectivity index (χ3n) is 4.58. The molecule has 2 aromatic rings. The molecule has 0 radical (unpaired) electrons. The zero-order valence-electron chi connectivity index (χ0n) is 11.5. The van der Waals surface area contributed by atoms with Crippen molar-refractivity contribution >= 4 is 10.9 Å². The van der Waals surface area contributed by atoms with Crippen LogP contribution in [-0.2, 0) is 5.60 Å². The number of para-hydroxylation sites is 1. The summed E-state index contributed by atoms with van der Waals surface area (Å²) in [5.41, 5.74) is 1.20. The van der Waals surface area contributed by atoms with E-state index in [1.807, 2.05) is 31.3 Å². The molecule has 2 nitrogen and oxygen atoms in total. The summed E-state index contributed by atoms with van der Waals surface area (Å²) in [7, 11) is 0. The van der Waals surface area contributed by atoms with Crippen molar-refractivity contribution in [2.75, 3.05) is 0 Å². The first-order chi connectivity index (χ1) is 9.18. The molecule has 1 saturated carbocycles. The quantitative estimate of drug-likeness (QED) is 0.879. The number of fused-ring (bicyclic) bond motifs is 1. The second-order valence-electron chi connectivity index (χ2n) is 5.90. The standard InChI is InChI=1S/C17H21NO/c1-17(19,14-8-3-2-4-9-14)15-11-13-7-5-6-10-16(13)18-12-15/h5-7,10-12,14,19H,2-4,8-9H2,1H3. The van der Waals surface area contributed by atoms with Gasteiger partial charge in [0.15, 0.2) is 0 Å². The number of benzene rings is 1. The fourth-order valence-corrected chi connectivity index (χ4v) is 3.25. The summed E-state index contributed by atoms with van der Waals surface area (Å²) < 4.78 is 0. The van der Waals surface area contributed by atoms with E-state index < -0.39 is 5.60 Å². The number of rotatable bonds is 2. The monoisotopic (exact) mass is 255 g/mol. The molecule has 100 valence electrons. The lowest BCUT2D eigenvalue weighted by Gasteiger charge is -2.35. The van der Waals surface area contributed by atoms with Gasteiger partial charge in [-0.15, -0.1) is 0 Å². The van der Waals surface area contributed by atoms with E-state index >= 15 is 0 Å². The average molecular weight is 255 g/mol. The van der Waals surface area contributed by atoms with Crippen molar-refractivity contribution in [2.45, 2.75) is 44.6 Å². The highest BCUT2D eigenvalue weighted by Gasteiger charge is 2.34. The topological polar surface area (TPSA) is 33.1 Å². The van der Waals surface area contributed by atoms with E-state index in [2.05, 4.69) is 17.1 Å². The van der Waals surface area contributed by atoms with E-state index in [1.165, 1.54) is 19.3 Å². The molecule has 1 heterocycles. The van der Waals surface area contributed by atoms with Gasteiger partial charge >= 0.3 is 0 Å². The van der Waals surface area contributed by atoms with Crippen molar-refractivity contribution in [3.8, 4) is 0 Å². The zero-order chi connectivity index (χ0) is 13.3. The van der Waals surface area contributed by atoms with Gasteiger partial charge in [0.1, 0.15) is 0 Å². The number of hydrogen-bond acceptors (Lipinski definition) is 2. The molecule has 1 aromatic heterocycles. The fraction of sp³-hybridized carbons (Fsp3) is 0.471. The van der Waals surface area contributed by atoms with E-state index in [-0.39, 0.29) is 0 Å². The average Bonchev–Trinajstić information content (AvgIpc) is 2.47. The van der Waals surface area contributed by atoms with Gasteiger partial charge in [0.25, 0.3) is 0 Å². The maximum atomic E-state index is 10.9. The molecule has 1 aromatic carbocycles. The molecule has 1 N–H and O–H groups in total. The predicted molar refractivity (Wildman–Crippen MR) is 77.9 cm³/mol. The van der Waals surface area contributed by atoms with Crippen LogP contribution >= 0.6 is 0 Å². The van der Waals surface area contributed by atoms with Crippen LogP contribution in [-0.4, -0.2) is 10.1 Å². The van der Waals surface area contributed by atoms with Gasteiger partial charge < -0.3 is 5.11 Å². The van der Waals surface area contributed by atoms with Crippen LogP contribution in [0, 0.1) is 5.92 Å². The molecule has 0 bridgehead atoms. The van der Waals surface area contributed by atoms with Crippen molar-refractivity contribution in [3.05, 3.63) is 42.1 Å². The number of hydrogen-bond donors (Lipinski definition) is 1. The Kier molecular flexibility index (Phi) is 3.28. The van der Waals surface area contributed by atoms with Crippen LogP contribution in [0.2, 0.25) is 0 Å². The number of pyridine rings is 1. The molecule has 0 aliphatic heterocycles. The van der Waals surface area contributed by atoms with E-state index in [0.29, 0.717) is 5.92 Å². The summed E-state index contributed by atoms with van der Waals surface area (Å²) >= 11 is 0. The summed E-state index contributed by atoms with van der Waals surface area (Å²) in [6.07, 6.45) is 7.88. The Morgan fingerprint density at radius 2 is 1.89 bits per heavy atom. The first-order valence-electron chi connectivity index (χ1n) is 7.25. The van der Waals surface area contributed by atoms with Gasteiger partial charge in [-0.05, 0) is 37.8 Å². The Balaban J connectivity index is 1.97. The normalized spacial score (nSPS) is 20.3. The van der Waals surface area contributed by atoms with Crippen molar-refractivity contribution in [2.24, 2.45) is 5.92 Å². The number of nitrogens with zero attached hydrogens (tertiary/aromatic N) is 1. The molecule has 0 saturated heterocycles. The van der Waals surface area contributed by atoms with Crippen LogP contribution in [0.25, 0.3) is 10.9 Å². The molecular formula is C17H21NO. The highest BCUT2D eigenvalue weighted by Crippen LogP contribution is 2.39. The van der Waals surface area contributed by atoms with Gasteiger partial charge in [0.2, 0.25) is 0 Å². The van der Waals surface area contributed by atoms with E-state index in [4.69, 9.17) is 0 Å². The maximum absolute atomic E-state index is 10.9. The number of aromatic nitrogens is 1. The molecule has 1 aliphatic rings. The Bertz CT molecular complexity index is 570. The molecule has 2 heteroatoms. The lowest BCUT2D eigenvalue weighted by Crippen LogP contribution is -2.33. The van der Waals surface area contributed by atoms with Crippen LogP contribution in [0.5, 0.6) is 0 Å². The van der Waals surface area contributed by atoms with Crippen molar-refractivity contribution < 1.29 is 5.11 Å². The Morgan fingerprint density at radius 1 is 1.16 bits per heavy atom. The van der Waals surface area contributed by atoms with Gasteiger partial charge in [-0.3, -0.25) is 4.98 Å². The molecule has 1 aliphatic carbocycles. The van der Waals surface area contributed by atoms with Gasteiger partial charge in [-0.1, -0.05) is 37.5 Å². The molecule has 3 rings (SSSR count). The Labute approximate surface area is 114 Å². The van der Waals surface area contributed by atoms with E-state index in [0.717, 1.165) is 29.3 Å². The Morgan fingerprint density at radius 3 is 2.68 bits per heavy atom. The third-order valence-corrected chi connectivity index (χ3v) is 4.58. The second-order valence-corrected chi connectivity index (χ2v) is 5.90. The minimum Gasteiger partial charge on any atom is -0.385 e. The smallest absolute Gasteiger partial charge is 0.0911 e. The van der Waals surface area contributed by atoms with Gasteiger partial charge in [-0.25, -0.2) is 0 Å². The summed E-state index contributed by atoms with van der Waals surface area (Å²) in [6, 6.07) is 10.2. The first-order valence-corrected chi connectivity index (χ1v) is 7.25. The summed E-state index contributed by atoms with van der Waals surface area (Å²) in [4.78, 5) is 4.48. The zero-order valence-corrected chi connectivity index (χ0v) is 11.5. The van der Waals surface area contributed by atoms with Gasteiger partial charge in [-0.2, -0.15) is 0 Å². The SMILES string of the molecule is CC(O)(c1cnc2ccccc2c1)C1CCCCC1. The lowest BCUT2D eigenvalue weighted by molar-refractivity contribution is -0.0216. The van der Waals surface area contributed by atoms with Crippen LogP contribution in [0.1, 0.15) is 44.6 Å². The van der Waals surface area contributed by atoms with Crippen molar-refractivity contribution in [1.82, 2.24) is 4.98 Å². The highest BCUT2D eigenvalue weighted by molar-refractivity contribution is 5.78. The molecule has 0 spiro atoms. The van der Waals surface area contributed by atoms with Crippen LogP contribution in [0.3, 0.4) is 0 Å². The van der Waals surface area contributed by atoms with E-state index in [1.54, 1.807) is 0 Å². The molecule has 1 unspecified atom stereocenters. The highest BCUT2D eigenvalue weighted by atomic mass is 16.3. The minimum atomic E-state index is -0.753. The van der Waals surface area contributed by atoms with Gasteiger partial charge in [0, 0.05) is 17.1 Å². The third kappa shape index (κ3) is 2.37. The van der Waals surface area contributed by atoms with Crippen molar-refractivity contribution in [1.29, 1.82) is 0 Å². The Hall–Kier alpha value is -1.41. The fourth-order valence-electron chi connectivity index (χ4n) is 3.25. The second kappa shape index (κ2) is 4.93. The maximum Gasteiger partial charge on any atom is 0.0911 e. The van der Waals surface area contributed by atoms with Gasteiger partial charge in [0.05, 0.1) is 11.1 Å². The summed E-state index contributed by atoms with van der Waals surface area (Å²) in [5.74, 6) is 0.365. The van der Waals surface area contributed by atoms with Crippen LogP contribution < -0.4 is 0 Å². The molecule has 1 atom stereocenters. The molecular weight excluding hydrogens is 234 g/mol. The number of aliphatic hydroxyl groups is 1. The summed E-state index contributed by atoms with van der Waals surface area (Å²) in [6.45, 7) is 1.95. The first kappa shape index (κ1) is 12.6. The molecule has 0 amide bonds. The molecule has 1 fully saturated rings. The lowest BCUT2D eigenvalue weighted by atomic mass is 9.75. The predicted octanol–water partition coefficient (Wildman–Crippen LogP) is 4.02. The largest absolute Gasteiger partial charge is 0.385 e. The minimum absolute atomic E-state index is 0.365. The van der Waals surface area contributed by atoms with Crippen molar-refractivity contribution in [3.63, 3.8) is 0 Å².